The molecule has 0 bridgehead atoms. The number of nitrogens with two attached hydrogens (primary N) is 1. The molecule has 0 aliphatic heterocycles. The molecule has 0 saturated carbocycles. The Morgan fingerprint density at radius 1 is 1.11 bits per heavy atom. The Kier molecular flexibility index (Phi) is 5.61. The van der Waals surface area contributed by atoms with Crippen LogP contribution in [0.1, 0.15) is 12.6 Å². The molecule has 12 heteroatoms. The van der Waals surface area contributed by atoms with Crippen LogP contribution in [-0.2, 0) is 24.9 Å². The van der Waals surface area contributed by atoms with Gasteiger partial charge in [0.25, 0.3) is 0 Å². The number of hydrogen-bond acceptors (Lipinski definition) is 8. The zero-order valence-electron chi connectivity index (χ0n) is 19.6. The van der Waals surface area contributed by atoms with Crippen LogP contribution in [0.15, 0.2) is 48.9 Å². The van der Waals surface area contributed by atoms with Crippen LogP contribution in [0.2, 0.25) is 0 Å². The zero-order chi connectivity index (χ0) is 24.5. The molecule has 0 spiro atoms. The van der Waals surface area contributed by atoms with Crippen molar-refractivity contribution in [2.75, 3.05) is 16.4 Å². The normalized spacial score (nSPS) is 11.2. The molecule has 5 aromatic rings. The summed E-state index contributed by atoms with van der Waals surface area (Å²) in [5, 5.41) is 14.9. The largest absolute Gasteiger partial charge is 0.368 e. The van der Waals surface area contributed by atoms with Crippen molar-refractivity contribution in [3.05, 3.63) is 54.6 Å². The van der Waals surface area contributed by atoms with E-state index >= 15 is 0 Å². The number of amides is 1. The summed E-state index contributed by atoms with van der Waals surface area (Å²) in [6.45, 7) is 4.51. The first-order chi connectivity index (χ1) is 16.9. The van der Waals surface area contributed by atoms with Crippen LogP contribution >= 0.6 is 0 Å². The number of nitrogens with one attached hydrogen (secondary N) is 2. The number of rotatable bonds is 7. The minimum absolute atomic E-state index is 0.0130. The van der Waals surface area contributed by atoms with Crippen LogP contribution in [0.4, 0.5) is 23.3 Å². The van der Waals surface area contributed by atoms with E-state index < -0.39 is 0 Å². The van der Waals surface area contributed by atoms with E-state index in [-0.39, 0.29) is 18.4 Å². The maximum Gasteiger partial charge on any atom is 0.245 e. The number of aromatic nitrogens is 8. The van der Waals surface area contributed by atoms with Crippen molar-refractivity contribution < 1.29 is 4.79 Å². The van der Waals surface area contributed by atoms with Crippen LogP contribution in [0.3, 0.4) is 0 Å². The Labute approximate surface area is 200 Å². The molecule has 1 aromatic carbocycles. The third kappa shape index (κ3) is 4.53. The number of hydrogen-bond donors (Lipinski definition) is 3. The summed E-state index contributed by atoms with van der Waals surface area (Å²) in [7, 11) is 1.88. The number of carbonyl (C=O) groups excluding carboxylic acids is 1. The van der Waals surface area contributed by atoms with Gasteiger partial charge in [-0.1, -0.05) is 12.1 Å². The molecule has 12 nitrogen and oxygen atoms in total. The summed E-state index contributed by atoms with van der Waals surface area (Å²) in [6.07, 6.45) is 3.45. The number of aryl methyl sites for hydroxylation is 3. The summed E-state index contributed by atoms with van der Waals surface area (Å²) in [4.78, 5) is 25.8. The lowest BCUT2D eigenvalue weighted by Crippen LogP contribution is -2.20. The van der Waals surface area contributed by atoms with Gasteiger partial charge >= 0.3 is 0 Å². The van der Waals surface area contributed by atoms with Crippen molar-refractivity contribution >= 4 is 40.3 Å². The smallest absolute Gasteiger partial charge is 0.245 e. The van der Waals surface area contributed by atoms with E-state index in [1.807, 2.05) is 63.5 Å². The number of carbonyl (C=O) groups is 1. The Hall–Kier alpha value is -4.74. The summed E-state index contributed by atoms with van der Waals surface area (Å²) in [5.74, 6) is 0.949. The second-order valence-corrected chi connectivity index (χ2v) is 8.09. The predicted octanol–water partition coefficient (Wildman–Crippen LogP) is 2.72. The molecule has 0 aliphatic rings. The number of imidazole rings is 1. The molecule has 4 N–H and O–H groups in total. The van der Waals surface area contributed by atoms with Crippen molar-refractivity contribution in [3.63, 3.8) is 0 Å². The molecule has 1 amide bonds. The summed E-state index contributed by atoms with van der Waals surface area (Å²) >= 11 is 0. The summed E-state index contributed by atoms with van der Waals surface area (Å²) in [6, 6.07) is 11.6. The Morgan fingerprint density at radius 2 is 1.91 bits per heavy atom. The van der Waals surface area contributed by atoms with Gasteiger partial charge in [-0.25, -0.2) is 9.67 Å². The van der Waals surface area contributed by atoms with Gasteiger partial charge in [-0.2, -0.15) is 20.2 Å². The lowest BCUT2D eigenvalue weighted by atomic mass is 10.1. The Morgan fingerprint density at radius 3 is 2.63 bits per heavy atom. The van der Waals surface area contributed by atoms with E-state index in [1.54, 1.807) is 20.3 Å². The van der Waals surface area contributed by atoms with Gasteiger partial charge in [0.15, 0.2) is 17.0 Å². The lowest BCUT2D eigenvalue weighted by molar-refractivity contribution is -0.116. The van der Waals surface area contributed by atoms with Gasteiger partial charge in [-0.15, -0.1) is 0 Å². The quantitative estimate of drug-likeness (QED) is 0.328. The standard InChI is InChI=1S/C23H25N11O/c1-4-34-18(11-14(2)30-34)27-19(35)12-33-13-25-20-21(28-23(24)29-22(20)33)26-16-7-5-15(6-8-16)17-9-10-32(3)31-17/h5-11,13H,4,12H2,1-3H3,(H,27,35)(H3,24,26,28,29). The van der Waals surface area contributed by atoms with Crippen molar-refractivity contribution in [1.29, 1.82) is 0 Å². The highest BCUT2D eigenvalue weighted by Crippen LogP contribution is 2.25. The molecule has 4 heterocycles. The number of nitrogens with zero attached hydrogens (tertiary/aromatic N) is 8. The molecule has 0 saturated heterocycles. The fraction of sp³-hybridized carbons (Fsp3) is 0.217. The molecule has 35 heavy (non-hydrogen) atoms. The average molecular weight is 472 g/mol. The first-order valence-corrected chi connectivity index (χ1v) is 11.1. The van der Waals surface area contributed by atoms with Crippen LogP contribution < -0.4 is 16.4 Å². The molecular formula is C23H25N11O. The van der Waals surface area contributed by atoms with Crippen LogP contribution in [0.5, 0.6) is 0 Å². The summed E-state index contributed by atoms with van der Waals surface area (Å²) < 4.78 is 5.13. The van der Waals surface area contributed by atoms with Crippen LogP contribution in [0, 0.1) is 6.92 Å². The average Bonchev–Trinajstić information content (AvgIpc) is 3.53. The van der Waals surface area contributed by atoms with E-state index in [9.17, 15) is 4.79 Å². The van der Waals surface area contributed by atoms with Crippen LogP contribution in [0.25, 0.3) is 22.4 Å². The van der Waals surface area contributed by atoms with Gasteiger partial charge in [0.1, 0.15) is 12.4 Å². The molecule has 0 aliphatic carbocycles. The summed E-state index contributed by atoms with van der Waals surface area (Å²) in [5.41, 5.74) is 10.5. The van der Waals surface area contributed by atoms with Crippen LogP contribution in [-0.4, -0.2) is 45.0 Å². The third-order valence-corrected chi connectivity index (χ3v) is 5.42. The number of benzene rings is 1. The van der Waals surface area contributed by atoms with E-state index in [0.29, 0.717) is 29.3 Å². The highest BCUT2D eigenvalue weighted by Gasteiger charge is 2.16. The van der Waals surface area contributed by atoms with Crippen molar-refractivity contribution in [2.45, 2.75) is 26.9 Å². The van der Waals surface area contributed by atoms with E-state index in [2.05, 4.69) is 35.8 Å². The molecule has 0 radical (unpaired) electrons. The maximum atomic E-state index is 12.7. The number of nitrogen functional groups attached to an aromatic ring is 1. The van der Waals surface area contributed by atoms with Gasteiger partial charge in [-0.05, 0) is 32.0 Å². The van der Waals surface area contributed by atoms with Gasteiger partial charge in [0.2, 0.25) is 11.9 Å². The predicted molar refractivity (Wildman–Crippen MR) is 133 cm³/mol. The molecule has 0 atom stereocenters. The minimum Gasteiger partial charge on any atom is -0.368 e. The molecular weight excluding hydrogens is 446 g/mol. The fourth-order valence-corrected chi connectivity index (χ4v) is 3.82. The van der Waals surface area contributed by atoms with E-state index in [0.717, 1.165) is 22.6 Å². The van der Waals surface area contributed by atoms with E-state index in [1.165, 1.54) is 0 Å². The first-order valence-electron chi connectivity index (χ1n) is 11.1. The Balaban J connectivity index is 1.36. The fourth-order valence-electron chi connectivity index (χ4n) is 3.82. The maximum absolute atomic E-state index is 12.7. The number of fused-ring (bicyclic) bond motifs is 1. The molecule has 4 aromatic heterocycles. The highest BCUT2D eigenvalue weighted by molar-refractivity contribution is 5.92. The minimum atomic E-state index is -0.226. The second-order valence-electron chi connectivity index (χ2n) is 8.09. The van der Waals surface area contributed by atoms with Crippen molar-refractivity contribution in [3.8, 4) is 11.3 Å². The van der Waals surface area contributed by atoms with Gasteiger partial charge in [-0.3, -0.25) is 9.48 Å². The van der Waals surface area contributed by atoms with Crippen molar-refractivity contribution in [2.24, 2.45) is 7.05 Å². The third-order valence-electron chi connectivity index (χ3n) is 5.42. The monoisotopic (exact) mass is 471 g/mol. The van der Waals surface area contributed by atoms with Gasteiger partial charge in [0, 0.05) is 37.1 Å². The topological polar surface area (TPSA) is 146 Å². The van der Waals surface area contributed by atoms with E-state index in [4.69, 9.17) is 5.73 Å². The lowest BCUT2D eigenvalue weighted by Gasteiger charge is -2.09. The SMILES string of the molecule is CCn1nc(C)cc1NC(=O)Cn1cnc2c(Nc3ccc(-c4ccn(C)n4)cc3)nc(N)nc21. The zero-order valence-corrected chi connectivity index (χ0v) is 19.6. The number of anilines is 4. The highest BCUT2D eigenvalue weighted by atomic mass is 16.2. The van der Waals surface area contributed by atoms with Crippen molar-refractivity contribution in [1.82, 2.24) is 39.1 Å². The first kappa shape index (κ1) is 22.1. The molecule has 0 fully saturated rings. The second kappa shape index (κ2) is 8.89. The van der Waals surface area contributed by atoms with Gasteiger partial charge < -0.3 is 20.9 Å². The molecule has 178 valence electrons. The Bertz CT molecular complexity index is 1510. The van der Waals surface area contributed by atoms with Gasteiger partial charge in [0.05, 0.1) is 17.7 Å². The molecule has 0 unspecified atom stereocenters. The molecule has 5 rings (SSSR count).